The predicted octanol–water partition coefficient (Wildman–Crippen LogP) is 1.70. The maximum absolute atomic E-state index is 11.7. The van der Waals surface area contributed by atoms with Gasteiger partial charge in [-0.05, 0) is 12.8 Å². The summed E-state index contributed by atoms with van der Waals surface area (Å²) in [7, 11) is 0. The minimum atomic E-state index is -0.112. The number of hydrogen-bond donors (Lipinski definition) is 0. The Hall–Kier alpha value is -0.810. The summed E-state index contributed by atoms with van der Waals surface area (Å²) in [6, 6.07) is 0. The van der Waals surface area contributed by atoms with Crippen LogP contribution in [0.1, 0.15) is 39.5 Å². The molecular weight excluding hydrogens is 280 g/mol. The second-order valence-electron chi connectivity index (χ2n) is 4.94. The fourth-order valence-electron chi connectivity index (χ4n) is 2.16. The molecule has 6 heteroatoms. The fraction of sp³-hybridized carbons (Fsp3) is 0.857. The Bertz CT molecular complexity index is 289. The third kappa shape index (κ3) is 7.10. The lowest BCUT2D eigenvalue weighted by atomic mass is 10.2. The zero-order valence-electron chi connectivity index (χ0n) is 12.6. The Kier molecular flexibility index (Phi) is 10.5. The average Bonchev–Trinajstić information content (AvgIpc) is 2.40. The summed E-state index contributed by atoms with van der Waals surface area (Å²) < 4.78 is 5.14. The Balaban J connectivity index is 0.00000361. The molecule has 5 nitrogen and oxygen atoms in total. The third-order valence-electron chi connectivity index (χ3n) is 3.31. The lowest BCUT2D eigenvalue weighted by molar-refractivity contribution is -0.144. The Labute approximate surface area is 128 Å². The number of rotatable bonds is 7. The molecule has 0 unspecified atom stereocenters. The van der Waals surface area contributed by atoms with Gasteiger partial charge in [0.2, 0.25) is 5.91 Å². The molecule has 0 radical (unpaired) electrons. The fourth-order valence-corrected chi connectivity index (χ4v) is 2.16. The van der Waals surface area contributed by atoms with Crippen LogP contribution in [0, 0.1) is 0 Å². The van der Waals surface area contributed by atoms with E-state index in [0.717, 1.165) is 45.6 Å². The van der Waals surface area contributed by atoms with E-state index in [1.807, 2.05) is 18.7 Å². The zero-order valence-corrected chi connectivity index (χ0v) is 13.4. The van der Waals surface area contributed by atoms with Crippen LogP contribution in [0.25, 0.3) is 0 Å². The number of esters is 1. The number of nitrogens with zero attached hydrogens (tertiary/aromatic N) is 2. The Morgan fingerprint density at radius 3 is 2.15 bits per heavy atom. The summed E-state index contributed by atoms with van der Waals surface area (Å²) in [6.07, 6.45) is 2.89. The molecular formula is C14H27ClN2O3. The first-order valence-corrected chi connectivity index (χ1v) is 7.33. The number of piperazine rings is 1. The molecule has 0 bridgehead atoms. The highest BCUT2D eigenvalue weighted by atomic mass is 35.5. The van der Waals surface area contributed by atoms with Crippen molar-refractivity contribution in [3.8, 4) is 0 Å². The maximum atomic E-state index is 11.7. The van der Waals surface area contributed by atoms with Crippen LogP contribution < -0.4 is 0 Å². The Morgan fingerprint density at radius 1 is 1.00 bits per heavy atom. The molecule has 1 heterocycles. The van der Waals surface area contributed by atoms with E-state index < -0.39 is 0 Å². The molecule has 0 aromatic rings. The van der Waals surface area contributed by atoms with Crippen LogP contribution in [0.15, 0.2) is 0 Å². The van der Waals surface area contributed by atoms with Crippen LogP contribution in [0.2, 0.25) is 0 Å². The topological polar surface area (TPSA) is 49.9 Å². The third-order valence-corrected chi connectivity index (χ3v) is 3.31. The predicted molar refractivity (Wildman–Crippen MR) is 81.0 cm³/mol. The van der Waals surface area contributed by atoms with E-state index in [1.165, 1.54) is 0 Å². The summed E-state index contributed by atoms with van der Waals surface area (Å²) >= 11 is 0. The van der Waals surface area contributed by atoms with E-state index in [1.54, 1.807) is 0 Å². The molecule has 1 saturated heterocycles. The maximum Gasteiger partial charge on any atom is 0.305 e. The van der Waals surface area contributed by atoms with Gasteiger partial charge in [-0.2, -0.15) is 0 Å². The molecule has 1 aliphatic rings. The molecule has 118 valence electrons. The molecule has 0 aliphatic carbocycles. The molecule has 0 spiro atoms. The van der Waals surface area contributed by atoms with Gasteiger partial charge < -0.3 is 9.64 Å². The largest absolute Gasteiger partial charge is 0.464 e. The molecule has 0 saturated carbocycles. The minimum absolute atomic E-state index is 0. The lowest BCUT2D eigenvalue weighted by Crippen LogP contribution is -2.49. The molecule has 1 amide bonds. The van der Waals surface area contributed by atoms with Crippen molar-refractivity contribution in [1.82, 2.24) is 9.80 Å². The van der Waals surface area contributed by atoms with Crippen molar-refractivity contribution in [3.05, 3.63) is 0 Å². The number of carbonyl (C=O) groups is 2. The van der Waals surface area contributed by atoms with Crippen LogP contribution in [0.4, 0.5) is 0 Å². The van der Waals surface area contributed by atoms with Gasteiger partial charge in [-0.1, -0.05) is 13.8 Å². The van der Waals surface area contributed by atoms with E-state index >= 15 is 0 Å². The summed E-state index contributed by atoms with van der Waals surface area (Å²) in [5.41, 5.74) is 0. The summed E-state index contributed by atoms with van der Waals surface area (Å²) in [4.78, 5) is 27.1. The lowest BCUT2D eigenvalue weighted by Gasteiger charge is -2.34. The summed E-state index contributed by atoms with van der Waals surface area (Å²) in [5.74, 6) is 0.149. The molecule has 0 N–H and O–H groups in total. The molecule has 20 heavy (non-hydrogen) atoms. The molecule has 1 aliphatic heterocycles. The van der Waals surface area contributed by atoms with E-state index in [9.17, 15) is 9.59 Å². The monoisotopic (exact) mass is 306 g/mol. The normalized spacial score (nSPS) is 15.6. The SMILES string of the molecule is CCCC(=O)OCCN1CCN(C(=O)CCC)CC1.Cl. The highest BCUT2D eigenvalue weighted by molar-refractivity contribution is 5.85. The quantitative estimate of drug-likeness (QED) is 0.672. The van der Waals surface area contributed by atoms with Gasteiger partial charge in [-0.3, -0.25) is 14.5 Å². The second kappa shape index (κ2) is 10.9. The summed E-state index contributed by atoms with van der Waals surface area (Å²) in [5, 5.41) is 0. The number of amides is 1. The number of hydrogen-bond acceptors (Lipinski definition) is 4. The van der Waals surface area contributed by atoms with E-state index in [2.05, 4.69) is 4.90 Å². The van der Waals surface area contributed by atoms with Crippen molar-refractivity contribution in [2.75, 3.05) is 39.3 Å². The molecule has 1 fully saturated rings. The molecule has 0 aromatic carbocycles. The van der Waals surface area contributed by atoms with E-state index in [-0.39, 0.29) is 24.3 Å². The second-order valence-corrected chi connectivity index (χ2v) is 4.94. The van der Waals surface area contributed by atoms with Gasteiger partial charge in [0, 0.05) is 45.6 Å². The van der Waals surface area contributed by atoms with Gasteiger partial charge in [0.05, 0.1) is 0 Å². The molecule has 1 rings (SSSR count). The van der Waals surface area contributed by atoms with Crippen molar-refractivity contribution >= 4 is 24.3 Å². The van der Waals surface area contributed by atoms with Gasteiger partial charge in [0.1, 0.15) is 6.61 Å². The standard InChI is InChI=1S/C14H26N2O3.ClH/c1-3-5-13(17)16-9-7-15(8-10-16)11-12-19-14(18)6-4-2;/h3-12H2,1-2H3;1H. The number of halogens is 1. The molecule has 0 aromatic heterocycles. The summed E-state index contributed by atoms with van der Waals surface area (Å²) in [6.45, 7) is 8.56. The first-order valence-electron chi connectivity index (χ1n) is 7.33. The van der Waals surface area contributed by atoms with Crippen LogP contribution in [-0.2, 0) is 14.3 Å². The smallest absolute Gasteiger partial charge is 0.305 e. The first-order chi connectivity index (χ1) is 9.17. The zero-order chi connectivity index (χ0) is 14.1. The van der Waals surface area contributed by atoms with E-state index in [0.29, 0.717) is 19.4 Å². The van der Waals surface area contributed by atoms with Gasteiger partial charge in [-0.25, -0.2) is 0 Å². The van der Waals surface area contributed by atoms with E-state index in [4.69, 9.17) is 4.74 Å². The highest BCUT2D eigenvalue weighted by Gasteiger charge is 2.20. The van der Waals surface area contributed by atoms with Crippen LogP contribution in [-0.4, -0.2) is 61.0 Å². The highest BCUT2D eigenvalue weighted by Crippen LogP contribution is 2.05. The van der Waals surface area contributed by atoms with Gasteiger partial charge in [0.25, 0.3) is 0 Å². The van der Waals surface area contributed by atoms with Gasteiger partial charge >= 0.3 is 5.97 Å². The van der Waals surface area contributed by atoms with Gasteiger partial charge in [-0.15, -0.1) is 12.4 Å². The Morgan fingerprint density at radius 2 is 1.60 bits per heavy atom. The first kappa shape index (κ1) is 19.2. The van der Waals surface area contributed by atoms with Crippen molar-refractivity contribution < 1.29 is 14.3 Å². The van der Waals surface area contributed by atoms with Crippen molar-refractivity contribution in [3.63, 3.8) is 0 Å². The number of ether oxygens (including phenoxy) is 1. The van der Waals surface area contributed by atoms with Crippen molar-refractivity contribution in [2.24, 2.45) is 0 Å². The van der Waals surface area contributed by atoms with Crippen LogP contribution >= 0.6 is 12.4 Å². The molecule has 0 atom stereocenters. The number of carbonyl (C=O) groups excluding carboxylic acids is 2. The van der Waals surface area contributed by atoms with Crippen LogP contribution in [0.5, 0.6) is 0 Å². The van der Waals surface area contributed by atoms with Crippen molar-refractivity contribution in [2.45, 2.75) is 39.5 Å². The van der Waals surface area contributed by atoms with Crippen LogP contribution in [0.3, 0.4) is 0 Å². The van der Waals surface area contributed by atoms with Crippen molar-refractivity contribution in [1.29, 1.82) is 0 Å². The average molecular weight is 307 g/mol. The van der Waals surface area contributed by atoms with Gasteiger partial charge in [0.15, 0.2) is 0 Å². The minimum Gasteiger partial charge on any atom is -0.464 e.